The Morgan fingerprint density at radius 3 is 2.38 bits per heavy atom. The summed E-state index contributed by atoms with van der Waals surface area (Å²) in [4.78, 5) is 4.44. The fourth-order valence-corrected chi connectivity index (χ4v) is 3.84. The lowest BCUT2D eigenvalue weighted by Gasteiger charge is -2.13. The number of nitrogens with zero attached hydrogens (tertiary/aromatic N) is 1. The van der Waals surface area contributed by atoms with Crippen LogP contribution in [0.25, 0.3) is 0 Å². The van der Waals surface area contributed by atoms with Gasteiger partial charge in [-0.1, -0.05) is 35.3 Å². The van der Waals surface area contributed by atoms with E-state index in [9.17, 15) is 12.8 Å². The zero-order valence-corrected chi connectivity index (χ0v) is 20.7. The second-order valence-corrected chi connectivity index (χ2v) is 9.25. The number of guanidine groups is 1. The Hall–Kier alpha value is -1.10. The smallest absolute Gasteiger partial charge is 0.191 e. The van der Waals surface area contributed by atoms with Gasteiger partial charge in [0.1, 0.15) is 5.82 Å². The molecule has 0 fully saturated rings. The molecule has 0 spiro atoms. The first kappa shape index (κ1) is 25.9. The Balaban J connectivity index is 0.00000420. The van der Waals surface area contributed by atoms with Gasteiger partial charge in [0.25, 0.3) is 0 Å². The van der Waals surface area contributed by atoms with E-state index in [4.69, 9.17) is 23.2 Å². The van der Waals surface area contributed by atoms with Crippen LogP contribution in [0.15, 0.2) is 41.4 Å². The van der Waals surface area contributed by atoms with Crippen molar-refractivity contribution < 1.29 is 12.8 Å². The van der Waals surface area contributed by atoms with Crippen molar-refractivity contribution in [3.05, 3.63) is 69.0 Å². The molecule has 0 aliphatic carbocycles. The molecule has 0 aliphatic rings. The van der Waals surface area contributed by atoms with Crippen LogP contribution in [-0.4, -0.2) is 27.2 Å². The highest BCUT2D eigenvalue weighted by molar-refractivity contribution is 14.0. The number of hydrogen-bond acceptors (Lipinski definition) is 3. The van der Waals surface area contributed by atoms with E-state index in [1.165, 1.54) is 18.2 Å². The average Bonchev–Trinajstić information content (AvgIpc) is 2.59. The second kappa shape index (κ2) is 11.9. The van der Waals surface area contributed by atoms with Crippen LogP contribution in [0.1, 0.15) is 23.6 Å². The molecular formula is C19H23Cl2FIN3O2S. The highest BCUT2D eigenvalue weighted by Crippen LogP contribution is 2.20. The molecule has 160 valence electrons. The predicted molar refractivity (Wildman–Crippen MR) is 128 cm³/mol. The number of hydrogen-bond donors (Lipinski definition) is 2. The maximum absolute atomic E-state index is 13.6. The standard InChI is InChI=1S/C19H22Cl2FN3O2S.HI/c1-3-23-19(24-10-13-4-6-16(20)9-18(13)21)25-11-15-8-17(22)7-5-14(15)12-28(2,26)27;/h4-9H,3,10-12H2,1-2H3,(H2,23,24,25);1H. The number of rotatable bonds is 7. The topological polar surface area (TPSA) is 70.6 Å². The van der Waals surface area contributed by atoms with Crippen molar-refractivity contribution in [3.8, 4) is 0 Å². The van der Waals surface area contributed by atoms with Gasteiger partial charge in [0.05, 0.1) is 12.3 Å². The number of nitrogens with one attached hydrogen (secondary N) is 2. The molecule has 2 N–H and O–H groups in total. The van der Waals surface area contributed by atoms with Gasteiger partial charge < -0.3 is 10.6 Å². The minimum absolute atomic E-state index is 0. The number of sulfone groups is 1. The van der Waals surface area contributed by atoms with Crippen molar-refractivity contribution in [2.24, 2.45) is 4.99 Å². The minimum atomic E-state index is -3.24. The van der Waals surface area contributed by atoms with Crippen molar-refractivity contribution in [2.75, 3.05) is 12.8 Å². The van der Waals surface area contributed by atoms with Crippen LogP contribution in [0.2, 0.25) is 10.0 Å². The SMILES string of the molecule is CCNC(=NCc1cc(F)ccc1CS(C)(=O)=O)NCc1ccc(Cl)cc1Cl.I. The lowest BCUT2D eigenvalue weighted by molar-refractivity contribution is 0.600. The maximum atomic E-state index is 13.6. The molecule has 2 rings (SSSR count). The molecule has 0 saturated heterocycles. The number of halogens is 4. The Morgan fingerprint density at radius 2 is 1.76 bits per heavy atom. The summed E-state index contributed by atoms with van der Waals surface area (Å²) in [6.07, 6.45) is 1.14. The molecule has 0 aliphatic heterocycles. The van der Waals surface area contributed by atoms with Crippen molar-refractivity contribution in [1.29, 1.82) is 0 Å². The zero-order valence-electron chi connectivity index (χ0n) is 16.0. The van der Waals surface area contributed by atoms with E-state index in [-0.39, 0.29) is 36.3 Å². The fourth-order valence-electron chi connectivity index (χ4n) is 2.51. The largest absolute Gasteiger partial charge is 0.357 e. The summed E-state index contributed by atoms with van der Waals surface area (Å²) in [7, 11) is -3.24. The molecule has 10 heteroatoms. The van der Waals surface area contributed by atoms with Crippen LogP contribution < -0.4 is 10.6 Å². The Morgan fingerprint density at radius 1 is 1.07 bits per heavy atom. The summed E-state index contributed by atoms with van der Waals surface area (Å²) >= 11 is 12.1. The van der Waals surface area contributed by atoms with E-state index in [0.29, 0.717) is 40.2 Å². The summed E-state index contributed by atoms with van der Waals surface area (Å²) < 4.78 is 36.9. The van der Waals surface area contributed by atoms with Gasteiger partial charge in [0.2, 0.25) is 0 Å². The van der Waals surface area contributed by atoms with E-state index in [2.05, 4.69) is 15.6 Å². The Labute approximate surface area is 198 Å². The number of aliphatic imine (C=N–C) groups is 1. The third-order valence-electron chi connectivity index (χ3n) is 3.80. The van der Waals surface area contributed by atoms with Crippen LogP contribution in [0, 0.1) is 5.82 Å². The third-order valence-corrected chi connectivity index (χ3v) is 5.22. The summed E-state index contributed by atoms with van der Waals surface area (Å²) in [5.74, 6) is -0.0981. The molecule has 0 heterocycles. The fraction of sp³-hybridized carbons (Fsp3) is 0.316. The van der Waals surface area contributed by atoms with E-state index in [1.54, 1.807) is 12.1 Å². The first-order valence-corrected chi connectivity index (χ1v) is 11.4. The first-order valence-electron chi connectivity index (χ1n) is 8.59. The van der Waals surface area contributed by atoms with Crippen LogP contribution in [0.4, 0.5) is 4.39 Å². The first-order chi connectivity index (χ1) is 13.2. The van der Waals surface area contributed by atoms with E-state index >= 15 is 0 Å². The molecule has 5 nitrogen and oxygen atoms in total. The Bertz CT molecular complexity index is 972. The van der Waals surface area contributed by atoms with Gasteiger partial charge in [-0.3, -0.25) is 0 Å². The molecule has 0 aromatic heterocycles. The molecule has 0 radical (unpaired) electrons. The van der Waals surface area contributed by atoms with E-state index in [0.717, 1.165) is 11.8 Å². The lowest BCUT2D eigenvalue weighted by Crippen LogP contribution is -2.36. The molecule has 29 heavy (non-hydrogen) atoms. The van der Waals surface area contributed by atoms with Crippen LogP contribution >= 0.6 is 47.2 Å². The monoisotopic (exact) mass is 573 g/mol. The van der Waals surface area contributed by atoms with E-state index in [1.807, 2.05) is 13.0 Å². The van der Waals surface area contributed by atoms with Gasteiger partial charge in [0, 0.05) is 29.4 Å². The van der Waals surface area contributed by atoms with Crippen molar-refractivity contribution in [1.82, 2.24) is 10.6 Å². The summed E-state index contributed by atoms with van der Waals surface area (Å²) in [6, 6.07) is 9.27. The molecule has 0 amide bonds. The third kappa shape index (κ3) is 9.06. The van der Waals surface area contributed by atoms with Crippen molar-refractivity contribution >= 4 is 63.0 Å². The summed E-state index contributed by atoms with van der Waals surface area (Å²) in [5.41, 5.74) is 1.90. The highest BCUT2D eigenvalue weighted by atomic mass is 127. The summed E-state index contributed by atoms with van der Waals surface area (Å²) in [6.45, 7) is 3.09. The normalized spacial score (nSPS) is 11.7. The minimum Gasteiger partial charge on any atom is -0.357 e. The second-order valence-electron chi connectivity index (χ2n) is 6.27. The van der Waals surface area contributed by atoms with Gasteiger partial charge in [-0.2, -0.15) is 0 Å². The molecule has 0 bridgehead atoms. The van der Waals surface area contributed by atoms with Gasteiger partial charge >= 0.3 is 0 Å². The van der Waals surface area contributed by atoms with Gasteiger partial charge in [0.15, 0.2) is 15.8 Å². The van der Waals surface area contributed by atoms with Gasteiger partial charge in [-0.15, -0.1) is 24.0 Å². The van der Waals surface area contributed by atoms with E-state index < -0.39 is 15.7 Å². The van der Waals surface area contributed by atoms with Crippen molar-refractivity contribution in [3.63, 3.8) is 0 Å². The summed E-state index contributed by atoms with van der Waals surface area (Å²) in [5, 5.41) is 7.34. The zero-order chi connectivity index (χ0) is 20.7. The van der Waals surface area contributed by atoms with Gasteiger partial charge in [-0.05, 0) is 47.9 Å². The predicted octanol–water partition coefficient (Wildman–Crippen LogP) is 4.55. The Kier molecular flexibility index (Phi) is 10.7. The van der Waals surface area contributed by atoms with Crippen LogP contribution in [0.3, 0.4) is 0 Å². The molecule has 0 atom stereocenters. The van der Waals surface area contributed by atoms with Crippen molar-refractivity contribution in [2.45, 2.75) is 25.8 Å². The maximum Gasteiger partial charge on any atom is 0.191 e. The van der Waals surface area contributed by atoms with Crippen LogP contribution in [-0.2, 0) is 28.7 Å². The molecule has 2 aromatic carbocycles. The highest BCUT2D eigenvalue weighted by Gasteiger charge is 2.11. The quantitative estimate of drug-likeness (QED) is 0.290. The lowest BCUT2D eigenvalue weighted by atomic mass is 10.1. The molecule has 2 aromatic rings. The average molecular weight is 574 g/mol. The van der Waals surface area contributed by atoms with Crippen LogP contribution in [0.5, 0.6) is 0 Å². The van der Waals surface area contributed by atoms with Gasteiger partial charge in [-0.25, -0.2) is 17.8 Å². The number of benzene rings is 2. The molecular weight excluding hydrogens is 551 g/mol. The molecule has 0 unspecified atom stereocenters. The molecule has 0 saturated carbocycles.